The summed E-state index contributed by atoms with van der Waals surface area (Å²) in [5.74, 6) is -1.67. The summed E-state index contributed by atoms with van der Waals surface area (Å²) in [6.07, 6.45) is 1.25. The van der Waals surface area contributed by atoms with E-state index in [0.29, 0.717) is 30.6 Å². The summed E-state index contributed by atoms with van der Waals surface area (Å²) in [4.78, 5) is 32.6. The highest BCUT2D eigenvalue weighted by Gasteiger charge is 2.35. The lowest BCUT2D eigenvalue weighted by molar-refractivity contribution is -0.138. The van der Waals surface area contributed by atoms with E-state index >= 15 is 0 Å². The Kier molecular flexibility index (Phi) is 9.20. The molecule has 0 radical (unpaired) electrons. The molecule has 0 bridgehead atoms. The fourth-order valence-corrected chi connectivity index (χ4v) is 4.17. The summed E-state index contributed by atoms with van der Waals surface area (Å²) < 4.78 is 36.3. The van der Waals surface area contributed by atoms with E-state index in [1.54, 1.807) is 52.9 Å². The topological polar surface area (TPSA) is 87.2 Å². The van der Waals surface area contributed by atoms with Crippen LogP contribution in [-0.2, 0) is 25.4 Å². The highest BCUT2D eigenvalue weighted by molar-refractivity contribution is 6.38. The van der Waals surface area contributed by atoms with Crippen LogP contribution in [0.1, 0.15) is 76.5 Å². The second-order valence-corrected chi connectivity index (χ2v) is 11.2. The molecule has 1 fully saturated rings. The van der Waals surface area contributed by atoms with Gasteiger partial charge < -0.3 is 18.9 Å². The Balaban J connectivity index is 2.06. The van der Waals surface area contributed by atoms with Gasteiger partial charge >= 0.3 is 12.1 Å². The maximum atomic E-state index is 13.6. The Morgan fingerprint density at radius 2 is 1.89 bits per heavy atom. The summed E-state index contributed by atoms with van der Waals surface area (Å²) in [5, 5.41) is 0. The molecule has 1 amide bonds. The summed E-state index contributed by atoms with van der Waals surface area (Å²) in [6, 6.07) is 6.18. The number of amides is 1. The normalized spacial score (nSPS) is 16.9. The molecule has 0 unspecified atom stereocenters. The zero-order valence-corrected chi connectivity index (χ0v) is 23.6. The third kappa shape index (κ3) is 8.01. The molecule has 1 aliphatic heterocycles. The van der Waals surface area contributed by atoms with Crippen molar-refractivity contribution in [3.63, 3.8) is 0 Å². The molecule has 1 saturated heterocycles. The van der Waals surface area contributed by atoms with Gasteiger partial charge in [-0.15, -0.1) is 0 Å². The molecule has 3 rings (SSSR count). The van der Waals surface area contributed by atoms with Crippen LogP contribution in [0.3, 0.4) is 0 Å². The third-order valence-electron chi connectivity index (χ3n) is 5.88. The number of ether oxygens (including phenoxy) is 4. The van der Waals surface area contributed by atoms with Crippen LogP contribution in [0.15, 0.2) is 30.5 Å². The molecule has 0 aliphatic carbocycles. The van der Waals surface area contributed by atoms with E-state index in [2.05, 4.69) is 4.98 Å². The molecule has 0 N–H and O–H groups in total. The first-order valence-corrected chi connectivity index (χ1v) is 12.9. The number of halogens is 1. The zero-order chi connectivity index (χ0) is 28.3. The van der Waals surface area contributed by atoms with Crippen molar-refractivity contribution in [2.45, 2.75) is 84.9 Å². The molecular formula is C28H38BFN2O6. The van der Waals surface area contributed by atoms with Gasteiger partial charge in [-0.25, -0.2) is 19.0 Å². The van der Waals surface area contributed by atoms with Crippen molar-refractivity contribution >= 4 is 31.1 Å². The fourth-order valence-electron chi connectivity index (χ4n) is 4.17. The van der Waals surface area contributed by atoms with Crippen molar-refractivity contribution in [3.05, 3.63) is 53.1 Å². The predicted octanol–water partition coefficient (Wildman–Crippen LogP) is 3.92. The van der Waals surface area contributed by atoms with Crippen LogP contribution in [0.5, 0.6) is 0 Å². The molecule has 1 aromatic heterocycles. The van der Waals surface area contributed by atoms with Gasteiger partial charge in [-0.2, -0.15) is 0 Å². The lowest BCUT2D eigenvalue weighted by atomic mass is 9.85. The minimum atomic E-state index is -0.768. The number of hydrogen-bond acceptors (Lipinski definition) is 7. The second kappa shape index (κ2) is 11.8. The largest absolute Gasteiger partial charge is 0.458 e. The molecular weight excluding hydrogens is 490 g/mol. The molecule has 0 saturated carbocycles. The van der Waals surface area contributed by atoms with Gasteiger partial charge in [0.15, 0.2) is 11.5 Å². The molecule has 38 heavy (non-hydrogen) atoms. The SMILES string of the molecule is Bc1c(Cc2ccc(F)cc2)cnc(C(=O)OC(C)C)c1N(CC[C@H]1COC(C)(C)O1)C(=O)OC(C)(C)C. The monoisotopic (exact) mass is 528 g/mol. The number of pyridine rings is 1. The first kappa shape index (κ1) is 29.6. The highest BCUT2D eigenvalue weighted by atomic mass is 19.1. The van der Waals surface area contributed by atoms with Crippen molar-refractivity contribution in [2.24, 2.45) is 0 Å². The van der Waals surface area contributed by atoms with Crippen molar-refractivity contribution in [1.29, 1.82) is 0 Å². The molecule has 1 aliphatic rings. The van der Waals surface area contributed by atoms with Crippen molar-refractivity contribution < 1.29 is 32.9 Å². The van der Waals surface area contributed by atoms with Crippen LogP contribution in [0.25, 0.3) is 0 Å². The van der Waals surface area contributed by atoms with Gasteiger partial charge in [-0.3, -0.25) is 4.90 Å². The molecule has 2 heterocycles. The van der Waals surface area contributed by atoms with Crippen LogP contribution >= 0.6 is 0 Å². The standard InChI is InChI=1S/C28H38BFN2O6/c1-17(2)36-25(33)23-24(22(29)19(15-31-23)14-18-8-10-20(30)11-9-18)32(26(34)38-27(3,4)5)13-12-21-16-35-28(6,7)37-21/h8-11,15,17,21H,12-14,16,29H2,1-7H3/t21-/m0/s1. The van der Waals surface area contributed by atoms with Crippen LogP contribution in [-0.4, -0.2) is 61.6 Å². The smallest absolute Gasteiger partial charge is 0.414 e. The third-order valence-corrected chi connectivity index (χ3v) is 5.88. The van der Waals surface area contributed by atoms with Crippen molar-refractivity contribution in [1.82, 2.24) is 4.98 Å². The Morgan fingerprint density at radius 3 is 2.45 bits per heavy atom. The van der Waals surface area contributed by atoms with Gasteiger partial charge in [0.05, 0.1) is 24.5 Å². The van der Waals surface area contributed by atoms with E-state index in [1.165, 1.54) is 17.0 Å². The van der Waals surface area contributed by atoms with Crippen molar-refractivity contribution in [2.75, 3.05) is 18.1 Å². The fraction of sp³-hybridized carbons (Fsp3) is 0.536. The van der Waals surface area contributed by atoms with E-state index in [4.69, 9.17) is 18.9 Å². The van der Waals surface area contributed by atoms with Gasteiger partial charge in [0.2, 0.25) is 0 Å². The quantitative estimate of drug-likeness (QED) is 0.379. The molecule has 206 valence electrons. The number of carbonyl (C=O) groups is 2. The molecule has 8 nitrogen and oxygen atoms in total. The summed E-state index contributed by atoms with van der Waals surface area (Å²) >= 11 is 0. The number of aromatic nitrogens is 1. The lowest BCUT2D eigenvalue weighted by Crippen LogP contribution is -2.43. The number of hydrogen-bond donors (Lipinski definition) is 0. The number of esters is 1. The van der Waals surface area contributed by atoms with Gasteiger partial charge in [0.25, 0.3) is 0 Å². The molecule has 1 aromatic carbocycles. The predicted molar refractivity (Wildman–Crippen MR) is 145 cm³/mol. The van der Waals surface area contributed by atoms with Crippen LogP contribution in [0.4, 0.5) is 14.9 Å². The maximum Gasteiger partial charge on any atom is 0.414 e. The highest BCUT2D eigenvalue weighted by Crippen LogP contribution is 2.27. The number of anilines is 1. The average Bonchev–Trinajstić information content (AvgIpc) is 3.14. The lowest BCUT2D eigenvalue weighted by Gasteiger charge is -2.30. The van der Waals surface area contributed by atoms with Gasteiger partial charge in [-0.1, -0.05) is 17.6 Å². The van der Waals surface area contributed by atoms with Gasteiger partial charge in [0, 0.05) is 12.7 Å². The zero-order valence-electron chi connectivity index (χ0n) is 23.6. The second-order valence-electron chi connectivity index (χ2n) is 11.2. The summed E-state index contributed by atoms with van der Waals surface area (Å²) in [5.41, 5.74) is 1.90. The average molecular weight is 528 g/mol. The van der Waals surface area contributed by atoms with Crippen LogP contribution < -0.4 is 10.4 Å². The molecule has 1 atom stereocenters. The number of nitrogens with zero attached hydrogens (tertiary/aromatic N) is 2. The number of rotatable bonds is 8. The van der Waals surface area contributed by atoms with E-state index in [0.717, 1.165) is 11.1 Å². The first-order chi connectivity index (χ1) is 17.6. The first-order valence-electron chi connectivity index (χ1n) is 12.9. The van der Waals surface area contributed by atoms with Crippen molar-refractivity contribution in [3.8, 4) is 0 Å². The van der Waals surface area contributed by atoms with Crippen LogP contribution in [0.2, 0.25) is 0 Å². The summed E-state index contributed by atoms with van der Waals surface area (Å²) in [7, 11) is 1.83. The Hall–Kier alpha value is -2.98. The van der Waals surface area contributed by atoms with E-state index in [9.17, 15) is 14.0 Å². The van der Waals surface area contributed by atoms with Gasteiger partial charge in [-0.05, 0) is 84.6 Å². The molecule has 0 spiro atoms. The number of carbonyl (C=O) groups excluding carboxylic acids is 2. The molecule has 2 aromatic rings. The van der Waals surface area contributed by atoms with Crippen LogP contribution in [0, 0.1) is 5.82 Å². The minimum absolute atomic E-state index is 0.0221. The molecule has 10 heteroatoms. The number of benzene rings is 1. The maximum absolute atomic E-state index is 13.6. The summed E-state index contributed by atoms with van der Waals surface area (Å²) in [6.45, 7) is 13.1. The Bertz CT molecular complexity index is 1150. The van der Waals surface area contributed by atoms with E-state index in [1.807, 2.05) is 21.7 Å². The van der Waals surface area contributed by atoms with E-state index in [-0.39, 0.29) is 30.3 Å². The van der Waals surface area contributed by atoms with E-state index < -0.39 is 23.5 Å². The Morgan fingerprint density at radius 1 is 1.24 bits per heavy atom. The minimum Gasteiger partial charge on any atom is -0.458 e. The Labute approximate surface area is 225 Å². The van der Waals surface area contributed by atoms with Gasteiger partial charge in [0.1, 0.15) is 19.3 Å².